The standard InChI is InChI=1S/C34H72O3P2.HI/c1-7-9-11-13-15-17-19-21-23-25-27-29-31-34(39(35,36)37,38(5,6)33(3)4)32-30-28-26-24-22-20-18-16-14-12-10-8-2;/h33H,7-32H2,1-6H3,(H-,35,36,37);1H. The van der Waals surface area contributed by atoms with Gasteiger partial charge in [-0.05, 0) is 39.5 Å². The van der Waals surface area contributed by atoms with E-state index in [-0.39, 0.29) is 24.0 Å². The maximum Gasteiger partial charge on any atom is 0.368 e. The van der Waals surface area contributed by atoms with E-state index in [9.17, 15) is 14.4 Å². The molecule has 0 aromatic carbocycles. The van der Waals surface area contributed by atoms with E-state index in [0.29, 0.717) is 18.5 Å². The third-order valence-corrected chi connectivity index (χ3v) is 18.8. The summed E-state index contributed by atoms with van der Waals surface area (Å²) >= 11 is 0. The van der Waals surface area contributed by atoms with E-state index in [0.717, 1.165) is 25.7 Å². The predicted octanol–water partition coefficient (Wildman–Crippen LogP) is 9.73. The minimum atomic E-state index is -4.20. The molecule has 0 atom stereocenters. The van der Waals surface area contributed by atoms with Crippen molar-refractivity contribution in [1.82, 2.24) is 0 Å². The van der Waals surface area contributed by atoms with Gasteiger partial charge in [-0.2, -0.15) is 0 Å². The Labute approximate surface area is 270 Å². The van der Waals surface area contributed by atoms with E-state index < -0.39 is 19.8 Å². The van der Waals surface area contributed by atoms with Gasteiger partial charge in [0.05, 0.1) is 19.0 Å². The van der Waals surface area contributed by atoms with E-state index >= 15 is 0 Å². The molecule has 0 aromatic heterocycles. The molecule has 244 valence electrons. The average molecular weight is 719 g/mol. The Morgan fingerprint density at radius 3 is 0.950 bits per heavy atom. The van der Waals surface area contributed by atoms with Crippen LogP contribution in [0.2, 0.25) is 0 Å². The minimum absolute atomic E-state index is 0. The van der Waals surface area contributed by atoms with Crippen LogP contribution in [0.15, 0.2) is 0 Å². The van der Waals surface area contributed by atoms with E-state index in [1.807, 2.05) is 0 Å². The largest absolute Gasteiger partial charge is 1.00 e. The lowest BCUT2D eigenvalue weighted by atomic mass is 10.0. The van der Waals surface area contributed by atoms with Crippen molar-refractivity contribution in [3.05, 3.63) is 0 Å². The van der Waals surface area contributed by atoms with Crippen LogP contribution < -0.4 is 24.0 Å². The van der Waals surface area contributed by atoms with Gasteiger partial charge in [-0.25, -0.2) is 0 Å². The van der Waals surface area contributed by atoms with E-state index in [4.69, 9.17) is 0 Å². The Bertz CT molecular complexity index is 564. The summed E-state index contributed by atoms with van der Waals surface area (Å²) in [5.41, 5.74) is 0.347. The highest BCUT2D eigenvalue weighted by molar-refractivity contribution is 7.86. The van der Waals surface area contributed by atoms with Crippen molar-refractivity contribution < 1.29 is 38.3 Å². The molecule has 3 nitrogen and oxygen atoms in total. The third kappa shape index (κ3) is 18.9. The smallest absolute Gasteiger partial charge is 0.368 e. The van der Waals surface area contributed by atoms with E-state index in [1.165, 1.54) is 128 Å². The SMILES string of the molecule is CCCCCCCCCCCCCCC(CCCCCCCCCCCCCC)(P(=O)(O)O)[P+](C)(C)C(C)C.[I-]. The number of unbranched alkanes of at least 4 members (excludes halogenated alkanes) is 22. The number of hydrogen-bond acceptors (Lipinski definition) is 1. The maximum absolute atomic E-state index is 13.2. The zero-order valence-corrected chi connectivity index (χ0v) is 32.0. The van der Waals surface area contributed by atoms with E-state index in [2.05, 4.69) is 41.0 Å². The van der Waals surface area contributed by atoms with Crippen molar-refractivity contribution in [2.45, 2.75) is 205 Å². The molecule has 0 aliphatic carbocycles. The summed E-state index contributed by atoms with van der Waals surface area (Å²) in [5, 5.41) is 0. The summed E-state index contributed by atoms with van der Waals surface area (Å²) in [6, 6.07) is 0. The van der Waals surface area contributed by atoms with Gasteiger partial charge in [0.1, 0.15) is 0 Å². The van der Waals surface area contributed by atoms with Crippen LogP contribution in [0, 0.1) is 0 Å². The molecule has 0 radical (unpaired) electrons. The lowest BCUT2D eigenvalue weighted by Gasteiger charge is -2.43. The number of rotatable bonds is 29. The zero-order valence-electron chi connectivity index (χ0n) is 28.0. The normalized spacial score (nSPS) is 12.7. The van der Waals surface area contributed by atoms with Crippen molar-refractivity contribution in [3.8, 4) is 0 Å². The van der Waals surface area contributed by atoms with Gasteiger partial charge in [-0.1, -0.05) is 155 Å². The molecule has 6 heteroatoms. The average Bonchev–Trinajstić information content (AvgIpc) is 2.87. The van der Waals surface area contributed by atoms with Crippen LogP contribution in [0.25, 0.3) is 0 Å². The van der Waals surface area contributed by atoms with Gasteiger partial charge in [0.2, 0.25) is 0 Å². The third-order valence-electron chi connectivity index (χ3n) is 9.77. The molecule has 0 aliphatic heterocycles. The first-order chi connectivity index (χ1) is 18.6. The fraction of sp³-hybridized carbons (Fsp3) is 1.00. The van der Waals surface area contributed by atoms with Crippen molar-refractivity contribution in [1.29, 1.82) is 0 Å². The second-order valence-electron chi connectivity index (χ2n) is 13.4. The monoisotopic (exact) mass is 718 g/mol. The molecule has 2 N–H and O–H groups in total. The van der Waals surface area contributed by atoms with Gasteiger partial charge >= 0.3 is 7.60 Å². The first kappa shape index (κ1) is 43.4. The number of hydrogen-bond donors (Lipinski definition) is 2. The molecule has 0 saturated carbocycles. The van der Waals surface area contributed by atoms with Gasteiger partial charge in [0.25, 0.3) is 0 Å². The molecular formula is C34H73IO3P2. The fourth-order valence-corrected chi connectivity index (χ4v) is 13.0. The summed E-state index contributed by atoms with van der Waals surface area (Å²) < 4.78 is 13.2. The Kier molecular flexibility index (Phi) is 29.0. The Morgan fingerprint density at radius 2 is 0.750 bits per heavy atom. The van der Waals surface area contributed by atoms with Gasteiger partial charge in [0.15, 0.2) is 4.90 Å². The first-order valence-electron chi connectivity index (χ1n) is 17.5. The fourth-order valence-electron chi connectivity index (χ4n) is 6.31. The Balaban J connectivity index is 0. The molecule has 0 aromatic rings. The van der Waals surface area contributed by atoms with Crippen molar-refractivity contribution in [3.63, 3.8) is 0 Å². The molecular weight excluding hydrogens is 645 g/mol. The van der Waals surface area contributed by atoms with Crippen LogP contribution in [0.1, 0.15) is 195 Å². The summed E-state index contributed by atoms with van der Waals surface area (Å²) in [4.78, 5) is 20.8. The van der Waals surface area contributed by atoms with Crippen LogP contribution >= 0.6 is 14.9 Å². The topological polar surface area (TPSA) is 57.5 Å². The first-order valence-corrected chi connectivity index (χ1v) is 21.8. The lowest BCUT2D eigenvalue weighted by molar-refractivity contribution is -0.0000141. The molecule has 0 unspecified atom stereocenters. The van der Waals surface area contributed by atoms with Gasteiger partial charge in [-0.15, -0.1) is 0 Å². The quantitative estimate of drug-likeness (QED) is 0.0460. The second kappa shape index (κ2) is 26.7. The van der Waals surface area contributed by atoms with Crippen molar-refractivity contribution in [2.75, 3.05) is 13.3 Å². The highest BCUT2D eigenvalue weighted by atomic mass is 127. The second-order valence-corrected chi connectivity index (χ2v) is 20.7. The van der Waals surface area contributed by atoms with Crippen molar-refractivity contribution in [2.24, 2.45) is 0 Å². The van der Waals surface area contributed by atoms with Crippen LogP contribution in [0.4, 0.5) is 0 Å². The molecule has 0 amide bonds. The van der Waals surface area contributed by atoms with Gasteiger partial charge in [-0.3, -0.25) is 4.57 Å². The molecule has 0 bridgehead atoms. The predicted molar refractivity (Wildman–Crippen MR) is 180 cm³/mol. The van der Waals surface area contributed by atoms with Crippen LogP contribution in [0.5, 0.6) is 0 Å². The van der Waals surface area contributed by atoms with Gasteiger partial charge in [0, 0.05) is 7.26 Å². The molecule has 0 heterocycles. The molecule has 40 heavy (non-hydrogen) atoms. The molecule has 0 saturated heterocycles. The Morgan fingerprint density at radius 1 is 0.525 bits per heavy atom. The maximum atomic E-state index is 13.2. The highest BCUT2D eigenvalue weighted by Gasteiger charge is 2.63. The number of halogens is 1. The minimum Gasteiger partial charge on any atom is -1.00 e. The Hall–Kier alpha value is 1.31. The van der Waals surface area contributed by atoms with E-state index in [1.54, 1.807) is 0 Å². The molecule has 0 aliphatic rings. The van der Waals surface area contributed by atoms with Crippen LogP contribution in [-0.4, -0.2) is 33.7 Å². The summed E-state index contributed by atoms with van der Waals surface area (Å²) in [7, 11) is -6.00. The molecule has 0 fully saturated rings. The molecule has 0 spiro atoms. The summed E-state index contributed by atoms with van der Waals surface area (Å²) in [5.74, 6) is 0. The lowest BCUT2D eigenvalue weighted by Crippen LogP contribution is -3.00. The van der Waals surface area contributed by atoms with Crippen molar-refractivity contribution >= 4 is 14.9 Å². The van der Waals surface area contributed by atoms with Crippen LogP contribution in [-0.2, 0) is 4.57 Å². The molecule has 0 rings (SSSR count). The summed E-state index contributed by atoms with van der Waals surface area (Å²) in [6.07, 6.45) is 32.4. The van der Waals surface area contributed by atoms with Gasteiger partial charge < -0.3 is 33.8 Å². The van der Waals surface area contributed by atoms with Crippen LogP contribution in [0.3, 0.4) is 0 Å². The zero-order chi connectivity index (χ0) is 29.5. The highest BCUT2D eigenvalue weighted by Crippen LogP contribution is 2.81. The summed E-state index contributed by atoms with van der Waals surface area (Å²) in [6.45, 7) is 13.4.